The van der Waals surface area contributed by atoms with Gasteiger partial charge in [0, 0.05) is 43.3 Å². The van der Waals surface area contributed by atoms with Crippen LogP contribution in [-0.2, 0) is 13.2 Å². The molecule has 1 amide bonds. The van der Waals surface area contributed by atoms with Crippen LogP contribution in [-0.4, -0.2) is 48.7 Å². The van der Waals surface area contributed by atoms with Crippen LogP contribution < -0.4 is 14.2 Å². The molecule has 0 spiro atoms. The van der Waals surface area contributed by atoms with Gasteiger partial charge >= 0.3 is 0 Å². The number of carbonyl (C=O) groups excluding carboxylic acids is 1. The van der Waals surface area contributed by atoms with E-state index in [2.05, 4.69) is 11.0 Å². The lowest BCUT2D eigenvalue weighted by atomic mass is 10.1. The molecule has 2 aliphatic heterocycles. The molecule has 8 heteroatoms. The number of ether oxygens (including phenoxy) is 3. The Morgan fingerprint density at radius 2 is 1.59 bits per heavy atom. The van der Waals surface area contributed by atoms with E-state index in [0.717, 1.165) is 36.7 Å². The predicted molar refractivity (Wildman–Crippen MR) is 131 cm³/mol. The van der Waals surface area contributed by atoms with Gasteiger partial charge in [-0.15, -0.1) is 0 Å². The molecule has 34 heavy (non-hydrogen) atoms. The first-order valence-corrected chi connectivity index (χ1v) is 11.9. The summed E-state index contributed by atoms with van der Waals surface area (Å²) in [6.45, 7) is 4.51. The number of nitrogens with zero attached hydrogens (tertiary/aromatic N) is 2. The van der Waals surface area contributed by atoms with Crippen LogP contribution in [0.2, 0.25) is 10.0 Å². The van der Waals surface area contributed by atoms with Crippen molar-refractivity contribution in [2.75, 3.05) is 33.0 Å². The van der Waals surface area contributed by atoms with Gasteiger partial charge in [0.15, 0.2) is 11.5 Å². The summed E-state index contributed by atoms with van der Waals surface area (Å²) in [6.07, 6.45) is 0. The van der Waals surface area contributed by atoms with E-state index in [1.54, 1.807) is 18.2 Å². The molecule has 0 radical (unpaired) electrons. The monoisotopic (exact) mass is 498 g/mol. The number of benzene rings is 3. The fourth-order valence-corrected chi connectivity index (χ4v) is 4.55. The van der Waals surface area contributed by atoms with Crippen molar-refractivity contribution in [3.63, 3.8) is 0 Å². The molecule has 0 N–H and O–H groups in total. The van der Waals surface area contributed by atoms with Crippen molar-refractivity contribution in [3.05, 3.63) is 87.4 Å². The van der Waals surface area contributed by atoms with Crippen LogP contribution in [0.1, 0.15) is 21.5 Å². The minimum absolute atomic E-state index is 0.0518. The molecule has 0 atom stereocenters. The SMILES string of the molecule is O=C(c1ccc(COc2ccc(Cl)cc2Cl)cc1)N1CCN(Cc2ccc3c(c2)OCO3)CC1. The highest BCUT2D eigenvalue weighted by Gasteiger charge is 2.23. The van der Waals surface area contributed by atoms with Crippen molar-refractivity contribution < 1.29 is 19.0 Å². The highest BCUT2D eigenvalue weighted by Crippen LogP contribution is 2.33. The van der Waals surface area contributed by atoms with E-state index in [-0.39, 0.29) is 12.7 Å². The summed E-state index contributed by atoms with van der Waals surface area (Å²) in [6, 6.07) is 18.7. The van der Waals surface area contributed by atoms with E-state index in [9.17, 15) is 4.79 Å². The zero-order valence-electron chi connectivity index (χ0n) is 18.5. The maximum Gasteiger partial charge on any atom is 0.253 e. The van der Waals surface area contributed by atoms with Crippen LogP contribution in [0.3, 0.4) is 0 Å². The molecule has 0 aliphatic carbocycles. The van der Waals surface area contributed by atoms with E-state index >= 15 is 0 Å². The van der Waals surface area contributed by atoms with E-state index < -0.39 is 0 Å². The molecule has 2 aliphatic rings. The van der Waals surface area contributed by atoms with Crippen LogP contribution in [0.5, 0.6) is 17.2 Å². The van der Waals surface area contributed by atoms with E-state index in [1.165, 1.54) is 5.56 Å². The first-order valence-electron chi connectivity index (χ1n) is 11.1. The van der Waals surface area contributed by atoms with E-state index in [1.807, 2.05) is 41.3 Å². The summed E-state index contributed by atoms with van der Waals surface area (Å²) < 4.78 is 16.6. The van der Waals surface area contributed by atoms with Crippen molar-refractivity contribution in [2.24, 2.45) is 0 Å². The molecule has 0 saturated carbocycles. The molecule has 1 fully saturated rings. The lowest BCUT2D eigenvalue weighted by Gasteiger charge is -2.34. The number of halogens is 2. The number of rotatable bonds is 6. The number of carbonyl (C=O) groups is 1. The topological polar surface area (TPSA) is 51.2 Å². The Kier molecular flexibility index (Phi) is 6.81. The molecule has 0 bridgehead atoms. The summed E-state index contributed by atoms with van der Waals surface area (Å²) in [5.41, 5.74) is 2.82. The zero-order valence-corrected chi connectivity index (χ0v) is 20.0. The molecule has 6 nitrogen and oxygen atoms in total. The Hall–Kier alpha value is -2.93. The third-order valence-electron chi connectivity index (χ3n) is 5.99. The van der Waals surface area contributed by atoms with Crippen molar-refractivity contribution in [2.45, 2.75) is 13.2 Å². The summed E-state index contributed by atoms with van der Waals surface area (Å²) in [4.78, 5) is 17.2. The number of amides is 1. The third kappa shape index (κ3) is 5.25. The van der Waals surface area contributed by atoms with E-state index in [4.69, 9.17) is 37.4 Å². The first kappa shape index (κ1) is 22.8. The van der Waals surface area contributed by atoms with Crippen LogP contribution >= 0.6 is 23.2 Å². The Morgan fingerprint density at radius 1 is 0.853 bits per heavy atom. The Morgan fingerprint density at radius 3 is 2.35 bits per heavy atom. The molecule has 176 valence electrons. The van der Waals surface area contributed by atoms with Crippen molar-refractivity contribution >= 4 is 29.1 Å². The summed E-state index contributed by atoms with van der Waals surface area (Å²) >= 11 is 12.1. The summed E-state index contributed by atoms with van der Waals surface area (Å²) in [5.74, 6) is 2.22. The predicted octanol–water partition coefficient (Wildman–Crippen LogP) is 5.26. The maximum absolute atomic E-state index is 13.0. The van der Waals surface area contributed by atoms with Gasteiger partial charge in [0.2, 0.25) is 6.79 Å². The van der Waals surface area contributed by atoms with Gasteiger partial charge in [-0.25, -0.2) is 0 Å². The molecule has 1 saturated heterocycles. The Balaban J connectivity index is 1.12. The van der Waals surface area contributed by atoms with Crippen molar-refractivity contribution in [1.82, 2.24) is 9.80 Å². The minimum atomic E-state index is 0.0518. The summed E-state index contributed by atoms with van der Waals surface area (Å²) in [5, 5.41) is 1.03. The molecule has 5 rings (SSSR count). The maximum atomic E-state index is 13.0. The van der Waals surface area contributed by atoms with Crippen LogP contribution in [0.15, 0.2) is 60.7 Å². The van der Waals surface area contributed by atoms with Gasteiger partial charge in [0.1, 0.15) is 12.4 Å². The quantitative estimate of drug-likeness (QED) is 0.463. The molecule has 2 heterocycles. The van der Waals surface area contributed by atoms with E-state index in [0.29, 0.717) is 41.1 Å². The lowest BCUT2D eigenvalue weighted by Crippen LogP contribution is -2.48. The Bertz CT molecular complexity index is 1180. The Labute approximate surface area is 208 Å². The molecule has 0 unspecified atom stereocenters. The van der Waals surface area contributed by atoms with Gasteiger partial charge in [0.05, 0.1) is 5.02 Å². The number of hydrogen-bond acceptors (Lipinski definition) is 5. The third-order valence-corrected chi connectivity index (χ3v) is 6.52. The lowest BCUT2D eigenvalue weighted by molar-refractivity contribution is 0.0628. The first-order chi connectivity index (χ1) is 16.5. The molecular formula is C26H24Cl2N2O4. The summed E-state index contributed by atoms with van der Waals surface area (Å²) in [7, 11) is 0. The standard InChI is InChI=1S/C26H24Cl2N2O4/c27-21-6-8-23(22(28)14-21)32-16-18-1-4-20(5-2-18)26(31)30-11-9-29(10-12-30)15-19-3-7-24-25(13-19)34-17-33-24/h1-8,13-14H,9-12,15-17H2. The van der Waals surface area contributed by atoms with Gasteiger partial charge in [-0.3, -0.25) is 9.69 Å². The normalized spacial score (nSPS) is 15.4. The van der Waals surface area contributed by atoms with Crippen LogP contribution in [0.4, 0.5) is 0 Å². The van der Waals surface area contributed by atoms with Gasteiger partial charge in [0.25, 0.3) is 5.91 Å². The largest absolute Gasteiger partial charge is 0.487 e. The second-order valence-corrected chi connectivity index (χ2v) is 9.16. The molecule has 3 aromatic rings. The smallest absolute Gasteiger partial charge is 0.253 e. The zero-order chi connectivity index (χ0) is 23.5. The van der Waals surface area contributed by atoms with Gasteiger partial charge in [-0.1, -0.05) is 41.4 Å². The fourth-order valence-electron chi connectivity index (χ4n) is 4.09. The minimum Gasteiger partial charge on any atom is -0.487 e. The molecule has 3 aromatic carbocycles. The fraction of sp³-hybridized carbons (Fsp3) is 0.269. The average molecular weight is 499 g/mol. The number of hydrogen-bond donors (Lipinski definition) is 0. The van der Waals surface area contributed by atoms with Crippen molar-refractivity contribution in [1.29, 1.82) is 0 Å². The second-order valence-electron chi connectivity index (χ2n) is 8.32. The van der Waals surface area contributed by atoms with Gasteiger partial charge < -0.3 is 19.1 Å². The highest BCUT2D eigenvalue weighted by atomic mass is 35.5. The highest BCUT2D eigenvalue weighted by molar-refractivity contribution is 6.35. The van der Waals surface area contributed by atoms with Crippen molar-refractivity contribution in [3.8, 4) is 17.2 Å². The number of fused-ring (bicyclic) bond motifs is 1. The molecule has 0 aromatic heterocycles. The van der Waals surface area contributed by atoms with Crippen LogP contribution in [0.25, 0.3) is 0 Å². The van der Waals surface area contributed by atoms with Gasteiger partial charge in [-0.05, 0) is 53.6 Å². The van der Waals surface area contributed by atoms with Gasteiger partial charge in [-0.2, -0.15) is 0 Å². The molecular weight excluding hydrogens is 475 g/mol. The van der Waals surface area contributed by atoms with Crippen LogP contribution in [0, 0.1) is 0 Å². The average Bonchev–Trinajstić information content (AvgIpc) is 3.32. The number of piperazine rings is 1. The second kappa shape index (κ2) is 10.1.